The standard InChI is InChI=1S/C16H21F3N2O/c1-11-7-21-10-15(22)6-14(21)9-20(11)8-12-2-4-13(5-3-12)16(17,18)19/h2-5,11,14-15,22H,6-10H2,1H3/t11-,14-,15+/m0/s1. The fraction of sp³-hybridized carbons (Fsp3) is 0.625. The van der Waals surface area contributed by atoms with E-state index in [9.17, 15) is 18.3 Å². The van der Waals surface area contributed by atoms with Crippen LogP contribution in [0.4, 0.5) is 13.2 Å². The number of hydrogen-bond donors (Lipinski definition) is 1. The number of fused-ring (bicyclic) bond motifs is 1. The molecule has 0 radical (unpaired) electrons. The molecule has 1 aromatic carbocycles. The van der Waals surface area contributed by atoms with Gasteiger partial charge in [-0.05, 0) is 31.0 Å². The first-order valence-electron chi connectivity index (χ1n) is 7.65. The van der Waals surface area contributed by atoms with Crippen LogP contribution in [0.2, 0.25) is 0 Å². The fourth-order valence-electron chi connectivity index (χ4n) is 3.53. The third-order valence-electron chi connectivity index (χ3n) is 4.74. The van der Waals surface area contributed by atoms with Gasteiger partial charge in [0.25, 0.3) is 0 Å². The summed E-state index contributed by atoms with van der Waals surface area (Å²) in [5.41, 5.74) is 0.292. The Hall–Kier alpha value is -1.11. The molecule has 2 fully saturated rings. The second-order valence-corrected chi connectivity index (χ2v) is 6.47. The van der Waals surface area contributed by atoms with Gasteiger partial charge in [0.15, 0.2) is 0 Å². The minimum atomic E-state index is -4.28. The van der Waals surface area contributed by atoms with Gasteiger partial charge in [-0.3, -0.25) is 9.80 Å². The van der Waals surface area contributed by atoms with Gasteiger partial charge >= 0.3 is 6.18 Å². The molecule has 3 rings (SSSR count). The lowest BCUT2D eigenvalue weighted by Gasteiger charge is -2.42. The highest BCUT2D eigenvalue weighted by Crippen LogP contribution is 2.30. The highest BCUT2D eigenvalue weighted by molar-refractivity contribution is 5.24. The van der Waals surface area contributed by atoms with E-state index < -0.39 is 11.7 Å². The number of alkyl halides is 3. The zero-order valence-electron chi connectivity index (χ0n) is 12.6. The van der Waals surface area contributed by atoms with Crippen LogP contribution in [0.15, 0.2) is 24.3 Å². The van der Waals surface area contributed by atoms with Crippen LogP contribution in [0, 0.1) is 0 Å². The van der Waals surface area contributed by atoms with Crippen LogP contribution >= 0.6 is 0 Å². The Labute approximate surface area is 128 Å². The molecule has 6 heteroatoms. The van der Waals surface area contributed by atoms with E-state index in [1.165, 1.54) is 0 Å². The van der Waals surface area contributed by atoms with E-state index in [2.05, 4.69) is 16.7 Å². The molecule has 2 aliphatic heterocycles. The topological polar surface area (TPSA) is 26.7 Å². The SMILES string of the molecule is C[C@H]1CN2C[C@H](O)C[C@H]2CN1Cc1ccc(C(F)(F)F)cc1. The Morgan fingerprint density at radius 2 is 1.82 bits per heavy atom. The van der Waals surface area contributed by atoms with Crippen LogP contribution in [-0.4, -0.2) is 52.7 Å². The molecule has 0 aromatic heterocycles. The molecule has 3 atom stereocenters. The van der Waals surface area contributed by atoms with Crippen molar-refractivity contribution >= 4 is 0 Å². The van der Waals surface area contributed by atoms with Crippen molar-refractivity contribution in [3.63, 3.8) is 0 Å². The highest BCUT2D eigenvalue weighted by Gasteiger charge is 2.38. The fourth-order valence-corrected chi connectivity index (χ4v) is 3.53. The predicted molar refractivity (Wildman–Crippen MR) is 77.3 cm³/mol. The summed E-state index contributed by atoms with van der Waals surface area (Å²) in [5.74, 6) is 0. The molecule has 2 heterocycles. The average molecular weight is 314 g/mol. The number of benzene rings is 1. The van der Waals surface area contributed by atoms with Crippen LogP contribution < -0.4 is 0 Å². The molecular weight excluding hydrogens is 293 g/mol. The first-order valence-corrected chi connectivity index (χ1v) is 7.65. The van der Waals surface area contributed by atoms with Gasteiger partial charge in [-0.1, -0.05) is 12.1 Å². The molecule has 2 saturated heterocycles. The molecule has 0 spiro atoms. The summed E-state index contributed by atoms with van der Waals surface area (Å²) in [7, 11) is 0. The number of piperazine rings is 1. The molecule has 0 unspecified atom stereocenters. The quantitative estimate of drug-likeness (QED) is 0.908. The normalized spacial score (nSPS) is 30.5. The maximum absolute atomic E-state index is 12.6. The molecule has 0 amide bonds. The van der Waals surface area contributed by atoms with Crippen LogP contribution in [0.5, 0.6) is 0 Å². The Morgan fingerprint density at radius 1 is 1.14 bits per heavy atom. The maximum Gasteiger partial charge on any atom is 0.416 e. The first-order chi connectivity index (χ1) is 10.3. The molecule has 122 valence electrons. The zero-order valence-corrected chi connectivity index (χ0v) is 12.6. The molecule has 0 saturated carbocycles. The molecule has 22 heavy (non-hydrogen) atoms. The lowest BCUT2D eigenvalue weighted by Crippen LogP contribution is -2.54. The Bertz CT molecular complexity index is 517. The number of rotatable bonds is 2. The third kappa shape index (κ3) is 3.29. The van der Waals surface area contributed by atoms with E-state index in [0.717, 1.165) is 43.8 Å². The van der Waals surface area contributed by atoms with Gasteiger partial charge in [0.1, 0.15) is 0 Å². The lowest BCUT2D eigenvalue weighted by molar-refractivity contribution is -0.137. The van der Waals surface area contributed by atoms with Crippen LogP contribution in [0.1, 0.15) is 24.5 Å². The van der Waals surface area contributed by atoms with E-state index in [1.807, 2.05) is 0 Å². The Morgan fingerprint density at radius 3 is 2.45 bits per heavy atom. The molecule has 0 bridgehead atoms. The van der Waals surface area contributed by atoms with Crippen LogP contribution in [0.25, 0.3) is 0 Å². The van der Waals surface area contributed by atoms with Crippen LogP contribution in [-0.2, 0) is 12.7 Å². The number of nitrogens with zero attached hydrogens (tertiary/aromatic N) is 2. The third-order valence-corrected chi connectivity index (χ3v) is 4.74. The zero-order chi connectivity index (χ0) is 15.9. The van der Waals surface area contributed by atoms with Crippen LogP contribution in [0.3, 0.4) is 0 Å². The number of hydrogen-bond acceptors (Lipinski definition) is 3. The maximum atomic E-state index is 12.6. The lowest BCUT2D eigenvalue weighted by atomic mass is 10.1. The number of halogens is 3. The molecule has 2 aliphatic rings. The van der Waals surface area contributed by atoms with Gasteiger partial charge < -0.3 is 5.11 Å². The van der Waals surface area contributed by atoms with E-state index in [1.54, 1.807) is 12.1 Å². The van der Waals surface area contributed by atoms with Crippen molar-refractivity contribution in [2.75, 3.05) is 19.6 Å². The summed E-state index contributed by atoms with van der Waals surface area (Å²) in [6.45, 7) is 5.29. The molecular formula is C16H21F3N2O. The molecule has 1 aromatic rings. The molecule has 0 aliphatic carbocycles. The second kappa shape index (κ2) is 5.83. The second-order valence-electron chi connectivity index (χ2n) is 6.47. The van der Waals surface area contributed by atoms with Crippen molar-refractivity contribution in [2.45, 2.75) is 44.3 Å². The first kappa shape index (κ1) is 15.8. The van der Waals surface area contributed by atoms with Crippen molar-refractivity contribution < 1.29 is 18.3 Å². The average Bonchev–Trinajstić information content (AvgIpc) is 2.78. The van der Waals surface area contributed by atoms with Crippen molar-refractivity contribution in [3.8, 4) is 0 Å². The number of aliphatic hydroxyl groups is 1. The summed E-state index contributed by atoms with van der Waals surface area (Å²) < 4.78 is 37.8. The molecule has 3 nitrogen and oxygen atoms in total. The summed E-state index contributed by atoms with van der Waals surface area (Å²) >= 11 is 0. The Kier molecular flexibility index (Phi) is 4.18. The van der Waals surface area contributed by atoms with Crippen molar-refractivity contribution in [1.82, 2.24) is 9.80 Å². The van der Waals surface area contributed by atoms with E-state index >= 15 is 0 Å². The van der Waals surface area contributed by atoms with Gasteiger partial charge in [-0.15, -0.1) is 0 Å². The monoisotopic (exact) mass is 314 g/mol. The summed E-state index contributed by atoms with van der Waals surface area (Å²) in [5, 5.41) is 9.76. The molecule has 1 N–H and O–H groups in total. The number of aliphatic hydroxyl groups excluding tert-OH is 1. The smallest absolute Gasteiger partial charge is 0.392 e. The van der Waals surface area contributed by atoms with E-state index in [4.69, 9.17) is 0 Å². The van der Waals surface area contributed by atoms with Crippen molar-refractivity contribution in [2.24, 2.45) is 0 Å². The van der Waals surface area contributed by atoms with Gasteiger partial charge in [-0.25, -0.2) is 0 Å². The van der Waals surface area contributed by atoms with Gasteiger partial charge in [-0.2, -0.15) is 13.2 Å². The summed E-state index contributed by atoms with van der Waals surface area (Å²) in [4.78, 5) is 4.61. The van der Waals surface area contributed by atoms with E-state index in [0.29, 0.717) is 18.6 Å². The highest BCUT2D eigenvalue weighted by atomic mass is 19.4. The minimum Gasteiger partial charge on any atom is -0.392 e. The summed E-state index contributed by atoms with van der Waals surface area (Å²) in [6.07, 6.45) is -3.74. The summed E-state index contributed by atoms with van der Waals surface area (Å²) in [6, 6.07) is 6.12. The van der Waals surface area contributed by atoms with Gasteiger partial charge in [0, 0.05) is 38.3 Å². The van der Waals surface area contributed by atoms with Crippen molar-refractivity contribution in [3.05, 3.63) is 35.4 Å². The predicted octanol–water partition coefficient (Wildman–Crippen LogP) is 2.34. The van der Waals surface area contributed by atoms with Gasteiger partial charge in [0.05, 0.1) is 11.7 Å². The van der Waals surface area contributed by atoms with Gasteiger partial charge in [0.2, 0.25) is 0 Å². The Balaban J connectivity index is 1.65. The van der Waals surface area contributed by atoms with Crippen molar-refractivity contribution in [1.29, 1.82) is 0 Å². The van der Waals surface area contributed by atoms with E-state index in [-0.39, 0.29) is 6.10 Å². The largest absolute Gasteiger partial charge is 0.416 e. The minimum absolute atomic E-state index is 0.247.